The van der Waals surface area contributed by atoms with Crippen LogP contribution in [0.25, 0.3) is 11.3 Å². The fourth-order valence-corrected chi connectivity index (χ4v) is 3.68. The number of benzene rings is 1. The number of likely N-dealkylation sites (N-methyl/N-ethyl adjacent to an activating group) is 1. The second-order valence-electron chi connectivity index (χ2n) is 7.95. The summed E-state index contributed by atoms with van der Waals surface area (Å²) in [6.07, 6.45) is 7.45. The molecule has 1 N–H and O–H groups in total. The summed E-state index contributed by atoms with van der Waals surface area (Å²) in [4.78, 5) is 21.8. The molecule has 6 heteroatoms. The molecular formula is C27H35N3O3. The summed E-state index contributed by atoms with van der Waals surface area (Å²) in [5.74, 6) is 6.77. The maximum Gasteiger partial charge on any atom is 0.259 e. The second kappa shape index (κ2) is 12.8. The van der Waals surface area contributed by atoms with Gasteiger partial charge >= 0.3 is 0 Å². The number of aryl methyl sites for hydroxylation is 1. The van der Waals surface area contributed by atoms with E-state index in [0.717, 1.165) is 36.1 Å². The topological polar surface area (TPSA) is 65.4 Å². The second-order valence-corrected chi connectivity index (χ2v) is 7.95. The van der Waals surface area contributed by atoms with Crippen molar-refractivity contribution >= 4 is 29.3 Å². The number of carbonyl (C=O) groups excluding carboxylic acids is 1. The number of ether oxygens (including phenoxy) is 1. The van der Waals surface area contributed by atoms with Gasteiger partial charge in [0.1, 0.15) is 5.76 Å². The summed E-state index contributed by atoms with van der Waals surface area (Å²) in [6.45, 7) is 14.0. The SMILES string of the molecule is C=CCC#Cc1c(C)cc(/C(=C\C)OC)c2c1N=CN(CCN(C)CCCCO)C(=O)C2=C. The van der Waals surface area contributed by atoms with Crippen LogP contribution in [0.3, 0.4) is 0 Å². The van der Waals surface area contributed by atoms with E-state index < -0.39 is 0 Å². The number of rotatable bonds is 10. The Morgan fingerprint density at radius 3 is 2.76 bits per heavy atom. The van der Waals surface area contributed by atoms with Gasteiger partial charge in [-0.3, -0.25) is 9.69 Å². The van der Waals surface area contributed by atoms with Crippen LogP contribution in [0.15, 0.2) is 36.4 Å². The first-order valence-corrected chi connectivity index (χ1v) is 11.2. The summed E-state index contributed by atoms with van der Waals surface area (Å²) < 4.78 is 5.59. The third kappa shape index (κ3) is 6.44. The smallest absolute Gasteiger partial charge is 0.259 e. The lowest BCUT2D eigenvalue weighted by Gasteiger charge is -2.22. The van der Waals surface area contributed by atoms with Crippen molar-refractivity contribution in [3.8, 4) is 11.8 Å². The Morgan fingerprint density at radius 1 is 1.36 bits per heavy atom. The molecule has 0 saturated carbocycles. The van der Waals surface area contributed by atoms with Crippen LogP contribution in [0.2, 0.25) is 0 Å². The number of allylic oxidation sites excluding steroid dienone is 2. The van der Waals surface area contributed by atoms with Gasteiger partial charge in [0, 0.05) is 42.8 Å². The third-order valence-corrected chi connectivity index (χ3v) is 5.52. The number of aliphatic hydroxyl groups is 1. The molecule has 1 heterocycles. The van der Waals surface area contributed by atoms with Crippen molar-refractivity contribution in [3.63, 3.8) is 0 Å². The van der Waals surface area contributed by atoms with Crippen LogP contribution in [-0.4, -0.2) is 67.6 Å². The van der Waals surface area contributed by atoms with Crippen molar-refractivity contribution in [2.45, 2.75) is 33.1 Å². The molecule has 0 saturated heterocycles. The zero-order chi connectivity index (χ0) is 24.4. The van der Waals surface area contributed by atoms with Gasteiger partial charge in [-0.25, -0.2) is 4.99 Å². The molecule has 0 aliphatic carbocycles. The monoisotopic (exact) mass is 449 g/mol. The number of aliphatic imine (C=N–C) groups is 1. The lowest BCUT2D eigenvalue weighted by Crippen LogP contribution is -2.36. The van der Waals surface area contributed by atoms with E-state index >= 15 is 0 Å². The van der Waals surface area contributed by atoms with Crippen LogP contribution in [0, 0.1) is 18.8 Å². The van der Waals surface area contributed by atoms with Gasteiger partial charge in [-0.05, 0) is 58.0 Å². The van der Waals surface area contributed by atoms with Crippen LogP contribution >= 0.6 is 0 Å². The van der Waals surface area contributed by atoms with Crippen LogP contribution in [0.4, 0.5) is 5.69 Å². The minimum atomic E-state index is -0.192. The van der Waals surface area contributed by atoms with Crippen LogP contribution < -0.4 is 0 Å². The summed E-state index contributed by atoms with van der Waals surface area (Å²) in [5, 5.41) is 8.98. The minimum Gasteiger partial charge on any atom is -0.496 e. The molecule has 0 atom stereocenters. The Bertz CT molecular complexity index is 1010. The lowest BCUT2D eigenvalue weighted by molar-refractivity contribution is -0.121. The average Bonchev–Trinajstić information content (AvgIpc) is 2.92. The number of unbranched alkanes of at least 4 members (excludes halogenated alkanes) is 1. The first kappa shape index (κ1) is 26.1. The van der Waals surface area contributed by atoms with Gasteiger partial charge < -0.3 is 14.7 Å². The molecule has 0 radical (unpaired) electrons. The Morgan fingerprint density at radius 2 is 2.12 bits per heavy atom. The molecule has 0 fully saturated rings. The van der Waals surface area contributed by atoms with Crippen molar-refractivity contribution in [1.29, 1.82) is 0 Å². The number of methoxy groups -OCH3 is 1. The Balaban J connectivity index is 2.48. The van der Waals surface area contributed by atoms with Gasteiger partial charge in [0.05, 0.1) is 24.7 Å². The molecule has 1 aromatic rings. The number of hydrogen-bond donors (Lipinski definition) is 1. The first-order chi connectivity index (χ1) is 15.9. The van der Waals surface area contributed by atoms with Gasteiger partial charge in [-0.1, -0.05) is 24.5 Å². The highest BCUT2D eigenvalue weighted by atomic mass is 16.5. The summed E-state index contributed by atoms with van der Waals surface area (Å²) in [7, 11) is 3.62. The van der Waals surface area contributed by atoms with Gasteiger partial charge in [0.25, 0.3) is 5.91 Å². The predicted molar refractivity (Wildman–Crippen MR) is 136 cm³/mol. The van der Waals surface area contributed by atoms with E-state index in [1.807, 2.05) is 33.0 Å². The number of carbonyl (C=O) groups is 1. The molecule has 1 aliphatic heterocycles. The Kier molecular flexibility index (Phi) is 10.1. The number of aliphatic hydroxyl groups excluding tert-OH is 1. The maximum atomic E-state index is 13.4. The molecule has 176 valence electrons. The van der Waals surface area contributed by atoms with Crippen LogP contribution in [0.1, 0.15) is 48.4 Å². The predicted octanol–water partition coefficient (Wildman–Crippen LogP) is 4.15. The van der Waals surface area contributed by atoms with Crippen molar-refractivity contribution < 1.29 is 14.6 Å². The summed E-state index contributed by atoms with van der Waals surface area (Å²) in [6, 6.07) is 1.98. The number of fused-ring (bicyclic) bond motifs is 1. The highest BCUT2D eigenvalue weighted by Crippen LogP contribution is 2.40. The molecule has 0 unspecified atom stereocenters. The largest absolute Gasteiger partial charge is 0.496 e. The van der Waals surface area contributed by atoms with E-state index in [9.17, 15) is 4.79 Å². The number of nitrogens with zero attached hydrogens (tertiary/aromatic N) is 3. The molecule has 6 nitrogen and oxygen atoms in total. The van der Waals surface area contributed by atoms with Gasteiger partial charge in [0.15, 0.2) is 0 Å². The van der Waals surface area contributed by atoms with E-state index in [2.05, 4.69) is 29.9 Å². The quantitative estimate of drug-likeness (QED) is 0.192. The molecule has 1 aliphatic rings. The minimum absolute atomic E-state index is 0.192. The lowest BCUT2D eigenvalue weighted by atomic mass is 9.90. The fourth-order valence-electron chi connectivity index (χ4n) is 3.68. The molecule has 2 rings (SSSR count). The zero-order valence-corrected chi connectivity index (χ0v) is 20.3. The Labute approximate surface area is 198 Å². The molecule has 33 heavy (non-hydrogen) atoms. The molecule has 1 amide bonds. The van der Waals surface area contributed by atoms with Gasteiger partial charge in [-0.15, -0.1) is 6.58 Å². The Hall–Kier alpha value is -3.14. The van der Waals surface area contributed by atoms with Crippen molar-refractivity contribution in [2.75, 3.05) is 40.4 Å². The van der Waals surface area contributed by atoms with Crippen molar-refractivity contribution in [3.05, 3.63) is 53.6 Å². The number of hydrogen-bond acceptors (Lipinski definition) is 5. The van der Waals surface area contributed by atoms with E-state index in [-0.39, 0.29) is 12.5 Å². The van der Waals surface area contributed by atoms with Gasteiger partial charge in [0.2, 0.25) is 0 Å². The highest BCUT2D eigenvalue weighted by Gasteiger charge is 2.28. The fraction of sp³-hybridized carbons (Fsp3) is 0.407. The molecule has 1 aromatic carbocycles. The van der Waals surface area contributed by atoms with E-state index in [0.29, 0.717) is 42.1 Å². The van der Waals surface area contributed by atoms with Crippen molar-refractivity contribution in [2.24, 2.45) is 4.99 Å². The van der Waals surface area contributed by atoms with E-state index in [1.54, 1.807) is 24.4 Å². The highest BCUT2D eigenvalue weighted by molar-refractivity contribution is 6.25. The van der Waals surface area contributed by atoms with Crippen molar-refractivity contribution in [1.82, 2.24) is 9.80 Å². The molecular weight excluding hydrogens is 414 g/mol. The number of amides is 1. The third-order valence-electron chi connectivity index (χ3n) is 5.52. The average molecular weight is 450 g/mol. The normalized spacial score (nSPS) is 13.5. The standard InChI is InChI=1S/C27H35N3O3/c1-7-9-10-13-22-20(3)18-23(24(8-2)33-6)25-21(4)27(32)30(19-28-26(22)25)16-15-29(5)14-11-12-17-31/h7-8,18-19,31H,1,4,9,11-12,14-17H2,2-3,5-6H3/b24-8+. The maximum absolute atomic E-state index is 13.4. The molecule has 0 spiro atoms. The van der Waals surface area contributed by atoms with Crippen LogP contribution in [-0.2, 0) is 9.53 Å². The first-order valence-electron chi connectivity index (χ1n) is 11.2. The zero-order valence-electron chi connectivity index (χ0n) is 20.3. The summed E-state index contributed by atoms with van der Waals surface area (Å²) in [5.41, 5.74) is 4.15. The molecule has 0 bridgehead atoms. The van der Waals surface area contributed by atoms with E-state index in [4.69, 9.17) is 14.8 Å². The molecule has 0 aromatic heterocycles. The van der Waals surface area contributed by atoms with Crippen LogP contribution in [0.5, 0.6) is 0 Å². The van der Waals surface area contributed by atoms with Gasteiger partial charge in [-0.2, -0.15) is 0 Å². The van der Waals surface area contributed by atoms with E-state index in [1.165, 1.54) is 0 Å². The summed E-state index contributed by atoms with van der Waals surface area (Å²) >= 11 is 0.